The number of anilines is 1. The molecule has 5 rings (SSSR count). The van der Waals surface area contributed by atoms with Crippen molar-refractivity contribution < 1.29 is 14.0 Å². The highest BCUT2D eigenvalue weighted by Crippen LogP contribution is 2.38. The molecule has 8 heteroatoms. The van der Waals surface area contributed by atoms with Gasteiger partial charge in [-0.2, -0.15) is 5.10 Å². The number of halogens is 1. The molecule has 0 bridgehead atoms. The Morgan fingerprint density at radius 1 is 1.06 bits per heavy atom. The lowest BCUT2D eigenvalue weighted by atomic mass is 9.95. The van der Waals surface area contributed by atoms with E-state index in [1.54, 1.807) is 24.3 Å². The summed E-state index contributed by atoms with van der Waals surface area (Å²) in [5.74, 6) is 1.45. The number of aromatic amines is 1. The first-order chi connectivity index (χ1) is 16.0. The monoisotopic (exact) mass is 447 g/mol. The Morgan fingerprint density at radius 3 is 2.55 bits per heavy atom. The van der Waals surface area contributed by atoms with Gasteiger partial charge in [-0.05, 0) is 62.4 Å². The second-order valence-electron chi connectivity index (χ2n) is 8.88. The van der Waals surface area contributed by atoms with E-state index >= 15 is 0 Å². The van der Waals surface area contributed by atoms with Crippen molar-refractivity contribution in [2.45, 2.75) is 44.4 Å². The van der Waals surface area contributed by atoms with Crippen LogP contribution in [0.3, 0.4) is 0 Å². The predicted octanol–water partition coefficient (Wildman–Crippen LogP) is 4.40. The molecule has 3 aromatic rings. The Morgan fingerprint density at radius 2 is 1.82 bits per heavy atom. The van der Waals surface area contributed by atoms with Crippen molar-refractivity contribution in [2.75, 3.05) is 18.4 Å². The summed E-state index contributed by atoms with van der Waals surface area (Å²) in [5.41, 5.74) is 1.76. The molecular formula is C25H26FN5O2. The minimum Gasteiger partial charge on any atom is -0.339 e. The molecule has 2 amide bonds. The summed E-state index contributed by atoms with van der Waals surface area (Å²) in [7, 11) is 0. The number of carbonyl (C=O) groups excluding carboxylic acids is 2. The number of aromatic nitrogens is 3. The van der Waals surface area contributed by atoms with Crippen molar-refractivity contribution in [1.29, 1.82) is 0 Å². The van der Waals surface area contributed by atoms with E-state index in [0.717, 1.165) is 30.1 Å². The van der Waals surface area contributed by atoms with Crippen LogP contribution in [0.25, 0.3) is 0 Å². The number of likely N-dealkylation sites (tertiary alicyclic amines) is 1. The van der Waals surface area contributed by atoms with Crippen LogP contribution in [0, 0.1) is 12.7 Å². The molecule has 2 aliphatic rings. The molecule has 0 unspecified atom stereocenters. The Balaban J connectivity index is 1.24. The second-order valence-corrected chi connectivity index (χ2v) is 8.88. The third-order valence-electron chi connectivity index (χ3n) is 6.48. The third-order valence-corrected chi connectivity index (χ3v) is 6.48. The van der Waals surface area contributed by atoms with E-state index in [4.69, 9.17) is 0 Å². The van der Waals surface area contributed by atoms with E-state index in [1.807, 2.05) is 11.8 Å². The van der Waals surface area contributed by atoms with Crippen LogP contribution < -0.4 is 5.32 Å². The highest BCUT2D eigenvalue weighted by atomic mass is 19.1. The lowest BCUT2D eigenvalue weighted by Crippen LogP contribution is -2.38. The van der Waals surface area contributed by atoms with Gasteiger partial charge in [0.05, 0.1) is 5.56 Å². The zero-order valence-corrected chi connectivity index (χ0v) is 18.5. The van der Waals surface area contributed by atoms with Gasteiger partial charge in [0.25, 0.3) is 11.8 Å². The number of piperidine rings is 1. The van der Waals surface area contributed by atoms with Gasteiger partial charge < -0.3 is 10.2 Å². The Bertz CT molecular complexity index is 1200. The molecule has 2 aromatic carbocycles. The number of hydrogen-bond acceptors (Lipinski definition) is 4. The van der Waals surface area contributed by atoms with Crippen LogP contribution in [0.4, 0.5) is 10.1 Å². The van der Waals surface area contributed by atoms with Gasteiger partial charge >= 0.3 is 0 Å². The van der Waals surface area contributed by atoms with Crippen molar-refractivity contribution in [1.82, 2.24) is 20.1 Å². The maximum atomic E-state index is 14.0. The number of hydrogen-bond donors (Lipinski definition) is 2. The molecule has 1 aliphatic heterocycles. The van der Waals surface area contributed by atoms with Gasteiger partial charge in [-0.1, -0.05) is 18.2 Å². The predicted molar refractivity (Wildman–Crippen MR) is 122 cm³/mol. The van der Waals surface area contributed by atoms with Crippen LogP contribution in [-0.2, 0) is 0 Å². The number of aryl methyl sites for hydroxylation is 1. The van der Waals surface area contributed by atoms with Crippen LogP contribution in [0.2, 0.25) is 0 Å². The highest BCUT2D eigenvalue weighted by Gasteiger charge is 2.31. The molecule has 2 N–H and O–H groups in total. The molecule has 170 valence electrons. The minimum absolute atomic E-state index is 0.0343. The standard InChI is InChI=1S/C25H26FN5O2/c1-15-6-7-18(14-21(15)27-24(32)19-4-2-3-5-20(19)26)25(33)31-12-10-17(11-13-31)23-28-22(29-30-23)16-8-9-16/h2-7,14,16-17H,8-13H2,1H3,(H,27,32)(H,28,29,30). The summed E-state index contributed by atoms with van der Waals surface area (Å²) in [4.78, 5) is 32.2. The average molecular weight is 448 g/mol. The van der Waals surface area contributed by atoms with E-state index in [-0.39, 0.29) is 17.4 Å². The van der Waals surface area contributed by atoms with Gasteiger partial charge in [0, 0.05) is 36.2 Å². The van der Waals surface area contributed by atoms with Crippen LogP contribution in [-0.4, -0.2) is 45.0 Å². The number of nitrogens with zero attached hydrogens (tertiary/aromatic N) is 3. The van der Waals surface area contributed by atoms with Crippen LogP contribution in [0.1, 0.15) is 75.4 Å². The molecule has 2 fully saturated rings. The van der Waals surface area contributed by atoms with E-state index in [9.17, 15) is 14.0 Å². The second kappa shape index (κ2) is 8.77. The van der Waals surface area contributed by atoms with E-state index in [1.165, 1.54) is 31.0 Å². The first kappa shape index (κ1) is 21.3. The van der Waals surface area contributed by atoms with E-state index in [2.05, 4.69) is 20.5 Å². The first-order valence-corrected chi connectivity index (χ1v) is 11.4. The van der Waals surface area contributed by atoms with Gasteiger partial charge in [0.15, 0.2) is 5.82 Å². The number of benzene rings is 2. The van der Waals surface area contributed by atoms with Gasteiger partial charge in [-0.25, -0.2) is 9.37 Å². The molecule has 1 aliphatic carbocycles. The zero-order chi connectivity index (χ0) is 22.9. The van der Waals surface area contributed by atoms with Crippen molar-refractivity contribution in [3.63, 3.8) is 0 Å². The van der Waals surface area contributed by atoms with Gasteiger partial charge in [-0.3, -0.25) is 14.7 Å². The number of carbonyl (C=O) groups is 2. The number of H-pyrrole nitrogens is 1. The first-order valence-electron chi connectivity index (χ1n) is 11.4. The van der Waals surface area contributed by atoms with Gasteiger partial charge in [-0.15, -0.1) is 0 Å². The Labute approximate surface area is 191 Å². The Hall–Kier alpha value is -3.55. The van der Waals surface area contributed by atoms with Gasteiger partial charge in [0.2, 0.25) is 0 Å². The summed E-state index contributed by atoms with van der Waals surface area (Å²) in [5, 5.41) is 10.2. The summed E-state index contributed by atoms with van der Waals surface area (Å²) in [6.07, 6.45) is 3.99. The summed E-state index contributed by atoms with van der Waals surface area (Å²) >= 11 is 0. The lowest BCUT2D eigenvalue weighted by molar-refractivity contribution is 0.0711. The molecule has 0 radical (unpaired) electrons. The molecule has 0 atom stereocenters. The topological polar surface area (TPSA) is 91.0 Å². The number of amides is 2. The molecule has 1 aromatic heterocycles. The number of rotatable bonds is 5. The summed E-state index contributed by atoms with van der Waals surface area (Å²) < 4.78 is 14.0. The normalized spacial score (nSPS) is 16.6. The molecule has 2 heterocycles. The molecule has 0 spiro atoms. The van der Waals surface area contributed by atoms with E-state index in [0.29, 0.717) is 30.3 Å². The fourth-order valence-electron chi connectivity index (χ4n) is 4.26. The smallest absolute Gasteiger partial charge is 0.258 e. The molecule has 1 saturated carbocycles. The highest BCUT2D eigenvalue weighted by molar-refractivity contribution is 6.05. The molecule has 1 saturated heterocycles. The van der Waals surface area contributed by atoms with Gasteiger partial charge in [0.1, 0.15) is 11.6 Å². The molecular weight excluding hydrogens is 421 g/mol. The van der Waals surface area contributed by atoms with Crippen molar-refractivity contribution in [3.05, 3.63) is 76.6 Å². The van der Waals surface area contributed by atoms with E-state index < -0.39 is 11.7 Å². The van der Waals surface area contributed by atoms with Crippen molar-refractivity contribution >= 4 is 17.5 Å². The quantitative estimate of drug-likeness (QED) is 0.606. The van der Waals surface area contributed by atoms with Crippen molar-refractivity contribution in [3.8, 4) is 0 Å². The third kappa shape index (κ3) is 4.51. The lowest BCUT2D eigenvalue weighted by Gasteiger charge is -2.31. The number of nitrogens with one attached hydrogen (secondary N) is 2. The SMILES string of the molecule is Cc1ccc(C(=O)N2CCC(c3nc(C4CC4)n[nH]3)CC2)cc1NC(=O)c1ccccc1F. The van der Waals surface area contributed by atoms with Crippen LogP contribution >= 0.6 is 0 Å². The molecule has 7 nitrogen and oxygen atoms in total. The maximum absolute atomic E-state index is 14.0. The minimum atomic E-state index is -0.584. The zero-order valence-electron chi connectivity index (χ0n) is 18.5. The summed E-state index contributed by atoms with van der Waals surface area (Å²) in [6, 6.07) is 11.1. The van der Waals surface area contributed by atoms with Crippen molar-refractivity contribution in [2.24, 2.45) is 0 Å². The Kier molecular flexibility index (Phi) is 5.66. The molecule has 33 heavy (non-hydrogen) atoms. The maximum Gasteiger partial charge on any atom is 0.258 e. The fraction of sp³-hybridized carbons (Fsp3) is 0.360. The summed E-state index contributed by atoms with van der Waals surface area (Å²) in [6.45, 7) is 3.10. The fourth-order valence-corrected chi connectivity index (χ4v) is 4.26. The average Bonchev–Trinajstić information content (AvgIpc) is 3.57. The van der Waals surface area contributed by atoms with Crippen LogP contribution in [0.5, 0.6) is 0 Å². The largest absolute Gasteiger partial charge is 0.339 e. The van der Waals surface area contributed by atoms with Crippen LogP contribution in [0.15, 0.2) is 42.5 Å².